The summed E-state index contributed by atoms with van der Waals surface area (Å²) >= 11 is 1.95. The standard InChI is InChI=1S/C14H21NO2S/c1-3-18-7-6-11-9-13(15)12-8-10(16-2)4-5-14(12)17-11/h4-5,8,11,13H,3,6-7,9,15H2,1-2H3/t11?,13-/m1/s1. The van der Waals surface area contributed by atoms with Gasteiger partial charge in [-0.25, -0.2) is 0 Å². The van der Waals surface area contributed by atoms with E-state index in [1.165, 1.54) is 0 Å². The predicted molar refractivity (Wildman–Crippen MR) is 76.6 cm³/mol. The second kappa shape index (κ2) is 6.34. The SMILES string of the molecule is CCSCCC1C[C@@H](N)c2cc(OC)ccc2O1. The van der Waals surface area contributed by atoms with Crippen LogP contribution in [-0.4, -0.2) is 24.7 Å². The lowest BCUT2D eigenvalue weighted by atomic mass is 9.96. The van der Waals surface area contributed by atoms with Crippen LogP contribution in [0.1, 0.15) is 31.4 Å². The van der Waals surface area contributed by atoms with Crippen molar-refractivity contribution >= 4 is 11.8 Å². The molecule has 2 atom stereocenters. The average molecular weight is 267 g/mol. The monoisotopic (exact) mass is 267 g/mol. The van der Waals surface area contributed by atoms with Gasteiger partial charge in [-0.3, -0.25) is 0 Å². The Balaban J connectivity index is 2.04. The molecule has 0 radical (unpaired) electrons. The first-order chi connectivity index (χ1) is 8.74. The van der Waals surface area contributed by atoms with Crippen molar-refractivity contribution < 1.29 is 9.47 Å². The fourth-order valence-corrected chi connectivity index (χ4v) is 2.94. The van der Waals surface area contributed by atoms with Crippen LogP contribution >= 0.6 is 11.8 Å². The molecule has 0 spiro atoms. The molecule has 1 unspecified atom stereocenters. The van der Waals surface area contributed by atoms with E-state index in [9.17, 15) is 0 Å². The molecule has 0 bridgehead atoms. The molecule has 2 N–H and O–H groups in total. The smallest absolute Gasteiger partial charge is 0.124 e. The molecule has 1 aliphatic heterocycles. The zero-order valence-corrected chi connectivity index (χ0v) is 11.8. The lowest BCUT2D eigenvalue weighted by molar-refractivity contribution is 0.156. The van der Waals surface area contributed by atoms with Crippen molar-refractivity contribution in [1.82, 2.24) is 0 Å². The van der Waals surface area contributed by atoms with Gasteiger partial charge in [-0.05, 0) is 36.1 Å². The summed E-state index contributed by atoms with van der Waals surface area (Å²) in [5.74, 6) is 4.06. The number of hydrogen-bond acceptors (Lipinski definition) is 4. The number of fused-ring (bicyclic) bond motifs is 1. The fraction of sp³-hybridized carbons (Fsp3) is 0.571. The van der Waals surface area contributed by atoms with Crippen molar-refractivity contribution in [3.8, 4) is 11.5 Å². The first-order valence-corrected chi connectivity index (χ1v) is 7.58. The molecule has 1 aromatic carbocycles. The second-order valence-corrected chi connectivity index (χ2v) is 5.87. The molecular weight excluding hydrogens is 246 g/mol. The van der Waals surface area contributed by atoms with Crippen molar-refractivity contribution in [2.45, 2.75) is 31.9 Å². The normalized spacial score (nSPS) is 22.2. The Labute approximate surface area is 113 Å². The van der Waals surface area contributed by atoms with E-state index < -0.39 is 0 Å². The van der Waals surface area contributed by atoms with Gasteiger partial charge in [-0.1, -0.05) is 6.92 Å². The van der Waals surface area contributed by atoms with Gasteiger partial charge in [0, 0.05) is 18.0 Å². The van der Waals surface area contributed by atoms with Crippen LogP contribution in [0.3, 0.4) is 0 Å². The molecule has 1 aromatic rings. The zero-order chi connectivity index (χ0) is 13.0. The van der Waals surface area contributed by atoms with Gasteiger partial charge in [-0.2, -0.15) is 11.8 Å². The van der Waals surface area contributed by atoms with E-state index in [0.717, 1.165) is 41.4 Å². The van der Waals surface area contributed by atoms with Gasteiger partial charge in [0.2, 0.25) is 0 Å². The molecule has 1 heterocycles. The lowest BCUT2D eigenvalue weighted by Gasteiger charge is -2.30. The first kappa shape index (κ1) is 13.6. The minimum atomic E-state index is 0.0560. The van der Waals surface area contributed by atoms with E-state index in [0.29, 0.717) is 0 Å². The van der Waals surface area contributed by atoms with Crippen molar-refractivity contribution in [2.24, 2.45) is 5.73 Å². The Morgan fingerprint density at radius 2 is 2.33 bits per heavy atom. The highest BCUT2D eigenvalue weighted by Gasteiger charge is 2.25. The van der Waals surface area contributed by atoms with Gasteiger partial charge in [0.15, 0.2) is 0 Å². The Hall–Kier alpha value is -0.870. The molecule has 0 saturated carbocycles. The van der Waals surface area contributed by atoms with Crippen LogP contribution in [0.15, 0.2) is 18.2 Å². The number of methoxy groups -OCH3 is 1. The van der Waals surface area contributed by atoms with Crippen LogP contribution in [-0.2, 0) is 0 Å². The minimum absolute atomic E-state index is 0.0560. The van der Waals surface area contributed by atoms with Gasteiger partial charge in [0.1, 0.15) is 17.6 Å². The summed E-state index contributed by atoms with van der Waals surface area (Å²) < 4.78 is 11.2. The largest absolute Gasteiger partial charge is 0.497 e. The van der Waals surface area contributed by atoms with Crippen LogP contribution < -0.4 is 15.2 Å². The minimum Gasteiger partial charge on any atom is -0.497 e. The topological polar surface area (TPSA) is 44.5 Å². The highest BCUT2D eigenvalue weighted by Crippen LogP contribution is 2.36. The van der Waals surface area contributed by atoms with E-state index in [2.05, 4.69) is 6.92 Å². The van der Waals surface area contributed by atoms with Gasteiger partial charge in [-0.15, -0.1) is 0 Å². The third-order valence-corrected chi connectivity index (χ3v) is 4.15. The first-order valence-electron chi connectivity index (χ1n) is 6.42. The molecule has 4 heteroatoms. The van der Waals surface area contributed by atoms with E-state index >= 15 is 0 Å². The Morgan fingerprint density at radius 1 is 1.50 bits per heavy atom. The van der Waals surface area contributed by atoms with Gasteiger partial charge in [0.25, 0.3) is 0 Å². The summed E-state index contributed by atoms with van der Waals surface area (Å²) in [4.78, 5) is 0. The molecule has 3 nitrogen and oxygen atoms in total. The number of ether oxygens (including phenoxy) is 2. The Morgan fingerprint density at radius 3 is 3.06 bits per heavy atom. The number of nitrogens with two attached hydrogens (primary N) is 1. The Bertz CT molecular complexity index is 397. The van der Waals surface area contributed by atoms with E-state index in [-0.39, 0.29) is 12.1 Å². The molecule has 1 aliphatic rings. The molecule has 0 aliphatic carbocycles. The summed E-state index contributed by atoms with van der Waals surface area (Å²) in [6.45, 7) is 2.18. The summed E-state index contributed by atoms with van der Waals surface area (Å²) in [5.41, 5.74) is 7.29. The van der Waals surface area contributed by atoms with Crippen LogP contribution in [0.4, 0.5) is 0 Å². The summed E-state index contributed by atoms with van der Waals surface area (Å²) in [7, 11) is 1.67. The average Bonchev–Trinajstić information content (AvgIpc) is 2.39. The van der Waals surface area contributed by atoms with Crippen LogP contribution in [0.25, 0.3) is 0 Å². The highest BCUT2D eigenvalue weighted by molar-refractivity contribution is 7.99. The number of thioether (sulfide) groups is 1. The Kier molecular flexibility index (Phi) is 4.78. The molecule has 100 valence electrons. The molecule has 0 fully saturated rings. The predicted octanol–water partition coefficient (Wildman–Crippen LogP) is 2.99. The quantitative estimate of drug-likeness (QED) is 0.833. The third-order valence-electron chi connectivity index (χ3n) is 3.22. The van der Waals surface area contributed by atoms with Gasteiger partial charge >= 0.3 is 0 Å². The maximum atomic E-state index is 6.22. The molecule has 18 heavy (non-hydrogen) atoms. The maximum Gasteiger partial charge on any atom is 0.124 e. The van der Waals surface area contributed by atoms with E-state index in [4.69, 9.17) is 15.2 Å². The van der Waals surface area contributed by atoms with Crippen LogP contribution in [0.2, 0.25) is 0 Å². The highest BCUT2D eigenvalue weighted by atomic mass is 32.2. The van der Waals surface area contributed by atoms with Crippen molar-refractivity contribution in [3.05, 3.63) is 23.8 Å². The maximum absolute atomic E-state index is 6.22. The summed E-state index contributed by atoms with van der Waals surface area (Å²) in [5, 5.41) is 0. The second-order valence-electron chi connectivity index (χ2n) is 4.47. The molecule has 0 amide bonds. The number of hydrogen-bond donors (Lipinski definition) is 1. The van der Waals surface area contributed by atoms with E-state index in [1.807, 2.05) is 30.0 Å². The van der Waals surface area contributed by atoms with Gasteiger partial charge in [0.05, 0.1) is 7.11 Å². The third kappa shape index (κ3) is 3.12. The van der Waals surface area contributed by atoms with Crippen molar-refractivity contribution in [3.63, 3.8) is 0 Å². The lowest BCUT2D eigenvalue weighted by Crippen LogP contribution is -2.30. The molecular formula is C14H21NO2S. The van der Waals surface area contributed by atoms with Crippen LogP contribution in [0.5, 0.6) is 11.5 Å². The van der Waals surface area contributed by atoms with Gasteiger partial charge < -0.3 is 15.2 Å². The van der Waals surface area contributed by atoms with Crippen molar-refractivity contribution in [1.29, 1.82) is 0 Å². The number of benzene rings is 1. The van der Waals surface area contributed by atoms with E-state index in [1.54, 1.807) is 7.11 Å². The number of rotatable bonds is 5. The summed E-state index contributed by atoms with van der Waals surface area (Å²) in [6.07, 6.45) is 2.21. The molecule has 2 rings (SSSR count). The molecule has 0 saturated heterocycles. The fourth-order valence-electron chi connectivity index (χ4n) is 2.22. The molecule has 0 aromatic heterocycles. The zero-order valence-electron chi connectivity index (χ0n) is 11.0. The summed E-state index contributed by atoms with van der Waals surface area (Å²) in [6, 6.07) is 5.93. The van der Waals surface area contributed by atoms with Crippen LogP contribution in [0, 0.1) is 0 Å². The van der Waals surface area contributed by atoms with Crippen molar-refractivity contribution in [2.75, 3.05) is 18.6 Å².